The number of unbranched alkanes of at least 4 members (excludes halogenated alkanes) is 1. The zero-order valence-electron chi connectivity index (χ0n) is 9.02. The average Bonchev–Trinajstić information content (AvgIpc) is 2.16. The summed E-state index contributed by atoms with van der Waals surface area (Å²) in [7, 11) is 1.72. The Morgan fingerprint density at radius 3 is 2.79 bits per heavy atom. The molecule has 0 saturated carbocycles. The number of rotatable bonds is 8. The molecule has 0 aliphatic carbocycles. The molecule has 0 aromatic carbocycles. The summed E-state index contributed by atoms with van der Waals surface area (Å²) in [5.74, 6) is 1.05. The third-order valence-electron chi connectivity index (χ3n) is 1.40. The van der Waals surface area contributed by atoms with Crippen LogP contribution >= 0.6 is 17.0 Å². The molecule has 0 bridgehead atoms. The predicted octanol–water partition coefficient (Wildman–Crippen LogP) is 3.03. The van der Waals surface area contributed by atoms with Gasteiger partial charge in [-0.25, -0.2) is 0 Å². The molecule has 0 radical (unpaired) electrons. The Labute approximate surface area is 96.0 Å². The van der Waals surface area contributed by atoms with Crippen LogP contribution in [0.5, 0.6) is 0 Å². The Morgan fingerprint density at radius 2 is 2.29 bits per heavy atom. The van der Waals surface area contributed by atoms with E-state index in [9.17, 15) is 0 Å². The monoisotopic (exact) mass is 254 g/mol. The van der Waals surface area contributed by atoms with Gasteiger partial charge in [0.1, 0.15) is 0 Å². The maximum atomic E-state index is 5.56. The third-order valence-corrected chi connectivity index (χ3v) is 7.03. The van der Waals surface area contributed by atoms with Crippen molar-refractivity contribution in [3.63, 3.8) is 0 Å². The van der Waals surface area contributed by atoms with Gasteiger partial charge in [0, 0.05) is 12.8 Å². The molecule has 0 aliphatic rings. The molecule has 1 unspecified atom stereocenters. The highest BCUT2D eigenvalue weighted by Gasteiger charge is 2.15. The Hall–Kier alpha value is 0.430. The zero-order valence-corrected chi connectivity index (χ0v) is 11.6. The fourth-order valence-corrected chi connectivity index (χ4v) is 5.36. The molecule has 1 atom stereocenters. The quantitative estimate of drug-likeness (QED) is 0.312. The van der Waals surface area contributed by atoms with Gasteiger partial charge in [0.15, 0.2) is 0 Å². The largest absolute Gasteiger partial charge is 0.327 e. The first kappa shape index (κ1) is 14.4. The lowest BCUT2D eigenvalue weighted by molar-refractivity contribution is 0.383. The van der Waals surface area contributed by atoms with Gasteiger partial charge in [-0.05, 0) is 25.2 Å². The van der Waals surface area contributed by atoms with E-state index in [4.69, 9.17) is 16.3 Å². The molecule has 0 aliphatic heterocycles. The molecule has 0 aromatic rings. The highest BCUT2D eigenvalue weighted by atomic mass is 32.9. The van der Waals surface area contributed by atoms with E-state index in [0.29, 0.717) is 6.61 Å². The molecule has 0 spiro atoms. The molecule has 0 fully saturated rings. The lowest BCUT2D eigenvalue weighted by Gasteiger charge is -2.19. The van der Waals surface area contributed by atoms with Crippen LogP contribution in [0.25, 0.3) is 0 Å². The van der Waals surface area contributed by atoms with Crippen molar-refractivity contribution >= 4 is 35.1 Å². The molecule has 0 amide bonds. The van der Waals surface area contributed by atoms with Crippen molar-refractivity contribution in [1.82, 2.24) is 5.09 Å². The number of nitrogens with one attached hydrogen (secondary N) is 1. The Balaban J connectivity index is 4.02. The summed E-state index contributed by atoms with van der Waals surface area (Å²) in [6, 6.07) is 0. The molecule has 0 aromatic heterocycles. The lowest BCUT2D eigenvalue weighted by atomic mass is 10.4. The highest BCUT2D eigenvalue weighted by molar-refractivity contribution is 8.68. The van der Waals surface area contributed by atoms with Gasteiger partial charge in [0.25, 0.3) is 0 Å². The number of aliphatic imine (C=N–C) groups is 1. The lowest BCUT2D eigenvalue weighted by Crippen LogP contribution is -2.08. The van der Waals surface area contributed by atoms with Gasteiger partial charge in [-0.3, -0.25) is 4.99 Å². The van der Waals surface area contributed by atoms with E-state index in [1.807, 2.05) is 6.92 Å². The summed E-state index contributed by atoms with van der Waals surface area (Å²) >= 11 is 7.14. The van der Waals surface area contributed by atoms with Crippen molar-refractivity contribution in [2.24, 2.45) is 4.99 Å². The minimum atomic E-state index is -1.91. The van der Waals surface area contributed by atoms with Gasteiger partial charge >= 0.3 is 0 Å². The summed E-state index contributed by atoms with van der Waals surface area (Å²) in [4.78, 5) is 3.86. The second kappa shape index (κ2) is 8.72. The molecular formula is C8H19N2OPS2. The summed E-state index contributed by atoms with van der Waals surface area (Å²) in [5, 5.41) is 3.08. The first-order valence-electron chi connectivity index (χ1n) is 4.76. The summed E-state index contributed by atoms with van der Waals surface area (Å²) in [6.07, 6.45) is 4.01. The maximum absolute atomic E-state index is 5.56. The van der Waals surface area contributed by atoms with Gasteiger partial charge in [-0.15, -0.1) is 0 Å². The molecule has 0 rings (SSSR count). The zero-order chi connectivity index (χ0) is 10.9. The van der Waals surface area contributed by atoms with Crippen molar-refractivity contribution < 1.29 is 4.52 Å². The normalized spacial score (nSPS) is 15.6. The van der Waals surface area contributed by atoms with E-state index in [0.717, 1.165) is 5.75 Å². The molecule has 0 heterocycles. The van der Waals surface area contributed by atoms with Gasteiger partial charge in [0.2, 0.25) is 5.62 Å². The Morgan fingerprint density at radius 1 is 1.57 bits per heavy atom. The first-order valence-corrected chi connectivity index (χ1v) is 9.07. The van der Waals surface area contributed by atoms with E-state index in [1.165, 1.54) is 12.8 Å². The van der Waals surface area contributed by atoms with Crippen LogP contribution in [0.2, 0.25) is 0 Å². The minimum absolute atomic E-state index is 0.654. The predicted molar refractivity (Wildman–Crippen MR) is 70.8 cm³/mol. The van der Waals surface area contributed by atoms with Gasteiger partial charge in [0.05, 0.1) is 12.9 Å². The average molecular weight is 254 g/mol. The number of nitrogens with zero attached hydrogens (tertiary/aromatic N) is 1. The van der Waals surface area contributed by atoms with Crippen LogP contribution in [-0.4, -0.2) is 25.7 Å². The van der Waals surface area contributed by atoms with Gasteiger partial charge < -0.3 is 9.61 Å². The van der Waals surface area contributed by atoms with Crippen LogP contribution < -0.4 is 5.09 Å². The molecular weight excluding hydrogens is 235 g/mol. The fourth-order valence-electron chi connectivity index (χ4n) is 0.739. The molecule has 0 saturated heterocycles. The van der Waals surface area contributed by atoms with Crippen LogP contribution in [-0.2, 0) is 16.3 Å². The van der Waals surface area contributed by atoms with Crippen LogP contribution in [0.1, 0.15) is 26.7 Å². The van der Waals surface area contributed by atoms with Gasteiger partial charge in [-0.2, -0.15) is 0 Å². The Kier molecular flexibility index (Phi) is 8.98. The Bertz CT molecular complexity index is 212. The van der Waals surface area contributed by atoms with Crippen molar-refractivity contribution in [3.05, 3.63) is 0 Å². The topological polar surface area (TPSA) is 33.6 Å². The summed E-state index contributed by atoms with van der Waals surface area (Å²) < 4.78 is 5.56. The number of hydrogen-bond acceptors (Lipinski definition) is 4. The molecule has 3 nitrogen and oxygen atoms in total. The van der Waals surface area contributed by atoms with E-state index >= 15 is 0 Å². The van der Waals surface area contributed by atoms with E-state index in [1.54, 1.807) is 24.8 Å². The van der Waals surface area contributed by atoms with Crippen molar-refractivity contribution in [2.45, 2.75) is 26.7 Å². The summed E-state index contributed by atoms with van der Waals surface area (Å²) in [5.41, 5.74) is -1.91. The molecule has 14 heavy (non-hydrogen) atoms. The molecule has 6 heteroatoms. The summed E-state index contributed by atoms with van der Waals surface area (Å²) in [6.45, 7) is 4.79. The fraction of sp³-hybridized carbons (Fsp3) is 0.875. The van der Waals surface area contributed by atoms with Gasteiger partial charge in [-0.1, -0.05) is 24.7 Å². The van der Waals surface area contributed by atoms with Crippen molar-refractivity contribution in [1.29, 1.82) is 0 Å². The van der Waals surface area contributed by atoms with Crippen LogP contribution in [0.15, 0.2) is 4.99 Å². The highest BCUT2D eigenvalue weighted by Crippen LogP contribution is 2.55. The minimum Gasteiger partial charge on any atom is -0.327 e. The van der Waals surface area contributed by atoms with Crippen molar-refractivity contribution in [3.8, 4) is 0 Å². The number of hydrogen-bond donors (Lipinski definition) is 1. The smallest absolute Gasteiger partial charge is 0.211 e. The van der Waals surface area contributed by atoms with E-state index in [-0.39, 0.29) is 0 Å². The van der Waals surface area contributed by atoms with E-state index < -0.39 is 5.62 Å². The first-order chi connectivity index (χ1) is 6.68. The molecule has 1 N–H and O–H groups in total. The second-order valence-electron chi connectivity index (χ2n) is 2.62. The standard InChI is InChI=1S/C8H19N2OPS2/c1-4-6-7-14-12(13,11-5-2)10-8-9-3/h8H,4-7H2,1-3H3,(H,9,10,13). The van der Waals surface area contributed by atoms with Crippen LogP contribution in [0.4, 0.5) is 0 Å². The second-order valence-corrected chi connectivity index (χ2v) is 9.35. The van der Waals surface area contributed by atoms with Crippen LogP contribution in [0.3, 0.4) is 0 Å². The maximum Gasteiger partial charge on any atom is 0.211 e. The van der Waals surface area contributed by atoms with E-state index in [2.05, 4.69) is 17.0 Å². The SMILES string of the molecule is CCCCSP(=S)(N/C=N/C)OCC. The molecule has 84 valence electrons. The third kappa shape index (κ3) is 6.82. The van der Waals surface area contributed by atoms with Crippen LogP contribution in [0, 0.1) is 0 Å². The van der Waals surface area contributed by atoms with Crippen molar-refractivity contribution in [2.75, 3.05) is 19.4 Å².